The molecule has 0 saturated heterocycles. The van der Waals surface area contributed by atoms with Crippen molar-refractivity contribution in [3.05, 3.63) is 0 Å². The van der Waals surface area contributed by atoms with Gasteiger partial charge in [0.2, 0.25) is 0 Å². The molecule has 2 nitrogen and oxygen atoms in total. The summed E-state index contributed by atoms with van der Waals surface area (Å²) in [5.74, 6) is 6.01. The second-order valence-corrected chi connectivity index (χ2v) is 9.84. The molecule has 2 heteroatoms. The molecule has 2 saturated carbocycles. The molecule has 0 aliphatic heterocycles. The van der Waals surface area contributed by atoms with E-state index < -0.39 is 0 Å². The third kappa shape index (κ3) is 4.51. The van der Waals surface area contributed by atoms with Crippen molar-refractivity contribution in [3.8, 4) is 0 Å². The minimum absolute atomic E-state index is 0.411. The molecular weight excluding hydrogens is 280 g/mol. The summed E-state index contributed by atoms with van der Waals surface area (Å²) >= 11 is 0. The third-order valence-corrected chi connectivity index (χ3v) is 7.30. The van der Waals surface area contributed by atoms with Gasteiger partial charge in [0.15, 0.2) is 0 Å². The molecule has 8 unspecified atom stereocenters. The summed E-state index contributed by atoms with van der Waals surface area (Å²) < 4.78 is 0. The van der Waals surface area contributed by atoms with Gasteiger partial charge in [-0.2, -0.15) is 0 Å². The first-order valence-electron chi connectivity index (χ1n) is 10.2. The molecule has 4 N–H and O–H groups in total. The summed E-state index contributed by atoms with van der Waals surface area (Å²) in [5, 5.41) is 0. The Labute approximate surface area is 145 Å². The van der Waals surface area contributed by atoms with E-state index in [0.29, 0.717) is 35.8 Å². The molecule has 0 aromatic heterocycles. The highest BCUT2D eigenvalue weighted by atomic mass is 14.7. The quantitative estimate of drug-likeness (QED) is 0.790. The van der Waals surface area contributed by atoms with Crippen molar-refractivity contribution in [2.24, 2.45) is 58.8 Å². The smallest absolute Gasteiger partial charge is 0.00956 e. The first-order chi connectivity index (χ1) is 10.7. The minimum Gasteiger partial charge on any atom is -0.327 e. The zero-order valence-corrected chi connectivity index (χ0v) is 16.5. The van der Waals surface area contributed by atoms with Gasteiger partial charge < -0.3 is 11.5 Å². The van der Waals surface area contributed by atoms with Gasteiger partial charge in [0.1, 0.15) is 0 Å². The van der Waals surface area contributed by atoms with Gasteiger partial charge >= 0.3 is 0 Å². The molecule has 2 aliphatic rings. The molecule has 0 aromatic carbocycles. The summed E-state index contributed by atoms with van der Waals surface area (Å²) in [6.45, 7) is 14.2. The van der Waals surface area contributed by atoms with Gasteiger partial charge in [-0.15, -0.1) is 0 Å². The molecule has 136 valence electrons. The SMILES string of the molecule is CC(C)C1CC(CC2CC(C)C(N)C(C(C)C)C2)CC(C)C1N. The Bertz CT molecular complexity index is 331. The Morgan fingerprint density at radius 3 is 1.35 bits per heavy atom. The van der Waals surface area contributed by atoms with Crippen molar-refractivity contribution in [3.63, 3.8) is 0 Å². The van der Waals surface area contributed by atoms with Crippen LogP contribution in [0.3, 0.4) is 0 Å². The lowest BCUT2D eigenvalue weighted by Gasteiger charge is -2.45. The average molecular weight is 323 g/mol. The maximum Gasteiger partial charge on any atom is 0.00956 e. The predicted octanol–water partition coefficient (Wildman–Crippen LogP) is 4.67. The fourth-order valence-corrected chi connectivity index (χ4v) is 5.78. The third-order valence-electron chi connectivity index (χ3n) is 7.30. The van der Waals surface area contributed by atoms with Crippen LogP contribution in [0.4, 0.5) is 0 Å². The summed E-state index contributed by atoms with van der Waals surface area (Å²) in [5.41, 5.74) is 13.0. The van der Waals surface area contributed by atoms with Crippen LogP contribution in [0.1, 0.15) is 73.6 Å². The predicted molar refractivity (Wildman–Crippen MR) is 101 cm³/mol. The van der Waals surface area contributed by atoms with Gasteiger partial charge in [-0.3, -0.25) is 0 Å². The van der Waals surface area contributed by atoms with Gasteiger partial charge in [0.25, 0.3) is 0 Å². The molecule has 2 rings (SSSR count). The number of nitrogens with two attached hydrogens (primary N) is 2. The Balaban J connectivity index is 1.98. The topological polar surface area (TPSA) is 52.0 Å². The van der Waals surface area contributed by atoms with E-state index in [4.69, 9.17) is 11.5 Å². The largest absolute Gasteiger partial charge is 0.327 e. The Hall–Kier alpha value is -0.0800. The van der Waals surface area contributed by atoms with Crippen molar-refractivity contribution in [1.29, 1.82) is 0 Å². The summed E-state index contributed by atoms with van der Waals surface area (Å²) in [4.78, 5) is 0. The summed E-state index contributed by atoms with van der Waals surface area (Å²) in [6, 6.07) is 0.821. The van der Waals surface area contributed by atoms with Gasteiger partial charge in [0.05, 0.1) is 0 Å². The van der Waals surface area contributed by atoms with Crippen LogP contribution in [0.5, 0.6) is 0 Å². The van der Waals surface area contributed by atoms with Crippen molar-refractivity contribution in [1.82, 2.24) is 0 Å². The Morgan fingerprint density at radius 2 is 1.04 bits per heavy atom. The standard InChI is InChI=1S/C21H42N2/c1-12(2)18-10-16(7-14(5)20(18)22)9-17-8-15(6)21(23)19(11-17)13(3)4/h12-21H,7-11,22-23H2,1-6H3. The van der Waals surface area contributed by atoms with E-state index in [1.807, 2.05) is 0 Å². The van der Waals surface area contributed by atoms with Crippen molar-refractivity contribution in [2.45, 2.75) is 85.7 Å². The number of rotatable bonds is 4. The molecule has 0 bridgehead atoms. The van der Waals surface area contributed by atoms with Crippen LogP contribution in [-0.4, -0.2) is 12.1 Å². The van der Waals surface area contributed by atoms with Gasteiger partial charge in [-0.05, 0) is 79.4 Å². The van der Waals surface area contributed by atoms with Crippen LogP contribution < -0.4 is 11.5 Å². The molecule has 0 aromatic rings. The van der Waals surface area contributed by atoms with Crippen LogP contribution in [0.15, 0.2) is 0 Å². The highest BCUT2D eigenvalue weighted by Crippen LogP contribution is 2.44. The maximum absolute atomic E-state index is 6.50. The summed E-state index contributed by atoms with van der Waals surface area (Å²) in [6.07, 6.45) is 6.81. The lowest BCUT2D eigenvalue weighted by atomic mass is 9.63. The number of hydrogen-bond donors (Lipinski definition) is 2. The van der Waals surface area contributed by atoms with E-state index in [9.17, 15) is 0 Å². The van der Waals surface area contributed by atoms with Gasteiger partial charge in [0, 0.05) is 12.1 Å². The average Bonchev–Trinajstić information content (AvgIpc) is 2.45. The highest BCUT2D eigenvalue weighted by Gasteiger charge is 2.39. The van der Waals surface area contributed by atoms with E-state index in [2.05, 4.69) is 41.5 Å². The molecule has 0 amide bonds. The van der Waals surface area contributed by atoms with Crippen molar-refractivity contribution in [2.75, 3.05) is 0 Å². The molecule has 8 atom stereocenters. The van der Waals surface area contributed by atoms with Crippen molar-refractivity contribution < 1.29 is 0 Å². The van der Waals surface area contributed by atoms with Crippen LogP contribution in [-0.2, 0) is 0 Å². The normalized spacial score (nSPS) is 45.7. The van der Waals surface area contributed by atoms with E-state index in [1.54, 1.807) is 0 Å². The van der Waals surface area contributed by atoms with E-state index >= 15 is 0 Å². The summed E-state index contributed by atoms with van der Waals surface area (Å²) in [7, 11) is 0. The monoisotopic (exact) mass is 322 g/mol. The molecule has 0 heterocycles. The van der Waals surface area contributed by atoms with Crippen LogP contribution in [0.2, 0.25) is 0 Å². The molecule has 0 spiro atoms. The Morgan fingerprint density at radius 1 is 0.696 bits per heavy atom. The lowest BCUT2D eigenvalue weighted by molar-refractivity contribution is 0.0811. The van der Waals surface area contributed by atoms with E-state index in [-0.39, 0.29) is 0 Å². The molecule has 23 heavy (non-hydrogen) atoms. The molecule has 2 aliphatic carbocycles. The van der Waals surface area contributed by atoms with Crippen molar-refractivity contribution >= 4 is 0 Å². The van der Waals surface area contributed by atoms with E-state index in [0.717, 1.165) is 23.7 Å². The molecule has 0 radical (unpaired) electrons. The van der Waals surface area contributed by atoms with E-state index in [1.165, 1.54) is 32.1 Å². The van der Waals surface area contributed by atoms with Gasteiger partial charge in [-0.25, -0.2) is 0 Å². The Kier molecular flexibility index (Phi) is 6.58. The van der Waals surface area contributed by atoms with Gasteiger partial charge in [-0.1, -0.05) is 41.5 Å². The van der Waals surface area contributed by atoms with Crippen LogP contribution in [0, 0.1) is 47.3 Å². The molecule has 2 fully saturated rings. The van der Waals surface area contributed by atoms with Crippen LogP contribution >= 0.6 is 0 Å². The lowest BCUT2D eigenvalue weighted by Crippen LogP contribution is -2.46. The molecular formula is C21H42N2. The maximum atomic E-state index is 6.50. The second-order valence-electron chi connectivity index (χ2n) is 9.84. The fourth-order valence-electron chi connectivity index (χ4n) is 5.78. The fraction of sp³-hybridized carbons (Fsp3) is 1.00. The highest BCUT2D eigenvalue weighted by molar-refractivity contribution is 4.92. The first kappa shape index (κ1) is 19.2. The van der Waals surface area contributed by atoms with Crippen LogP contribution in [0.25, 0.3) is 0 Å². The number of hydrogen-bond acceptors (Lipinski definition) is 2. The zero-order chi connectivity index (χ0) is 17.3. The zero-order valence-electron chi connectivity index (χ0n) is 16.5. The first-order valence-corrected chi connectivity index (χ1v) is 10.2. The minimum atomic E-state index is 0.411. The second kappa shape index (κ2) is 7.87.